The third-order valence-corrected chi connectivity index (χ3v) is 4.53. The number of anilines is 1. The van der Waals surface area contributed by atoms with Gasteiger partial charge in [0.1, 0.15) is 18.1 Å². The molecule has 1 amide bonds. The fourth-order valence-corrected chi connectivity index (χ4v) is 2.89. The number of hydrogen-bond donors (Lipinski definition) is 1. The van der Waals surface area contributed by atoms with Gasteiger partial charge in [0.05, 0.1) is 27.5 Å². The van der Waals surface area contributed by atoms with Crippen LogP contribution >= 0.6 is 0 Å². The monoisotopic (exact) mass is 450 g/mol. The number of methoxy groups -OCH3 is 3. The van der Waals surface area contributed by atoms with Crippen LogP contribution in [0.25, 0.3) is 0 Å². The smallest absolute Gasteiger partial charge is 0.265 e. The number of carbonyl (C=O) groups is 1. The molecule has 33 heavy (non-hydrogen) atoms. The Morgan fingerprint density at radius 3 is 2.27 bits per heavy atom. The predicted octanol–water partition coefficient (Wildman–Crippen LogP) is 4.28. The third-order valence-electron chi connectivity index (χ3n) is 4.53. The van der Waals surface area contributed by atoms with Crippen LogP contribution in [0.5, 0.6) is 23.0 Å². The zero-order chi connectivity index (χ0) is 23.5. The number of benzene rings is 3. The molecule has 172 valence electrons. The van der Waals surface area contributed by atoms with E-state index in [9.17, 15) is 4.79 Å². The molecule has 0 bridgehead atoms. The maximum absolute atomic E-state index is 12.1. The lowest BCUT2D eigenvalue weighted by atomic mass is 10.2. The molecule has 3 aromatic carbocycles. The van der Waals surface area contributed by atoms with Crippen molar-refractivity contribution in [3.05, 3.63) is 77.9 Å². The largest absolute Gasteiger partial charge is 0.497 e. The summed E-state index contributed by atoms with van der Waals surface area (Å²) in [6.07, 6.45) is 1.49. The van der Waals surface area contributed by atoms with Crippen molar-refractivity contribution in [2.75, 3.05) is 33.3 Å². The van der Waals surface area contributed by atoms with E-state index in [0.29, 0.717) is 35.3 Å². The summed E-state index contributed by atoms with van der Waals surface area (Å²) in [5.74, 6) is 1.94. The van der Waals surface area contributed by atoms with Crippen molar-refractivity contribution < 1.29 is 28.6 Å². The van der Waals surface area contributed by atoms with Gasteiger partial charge in [0.25, 0.3) is 5.91 Å². The van der Waals surface area contributed by atoms with E-state index in [-0.39, 0.29) is 12.5 Å². The summed E-state index contributed by atoms with van der Waals surface area (Å²) in [6, 6.07) is 20.3. The number of carbonyl (C=O) groups excluding carboxylic acids is 1. The van der Waals surface area contributed by atoms with Crippen LogP contribution in [0.4, 0.5) is 5.69 Å². The average Bonchev–Trinajstić information content (AvgIpc) is 2.85. The molecular weight excluding hydrogens is 424 g/mol. The summed E-state index contributed by atoms with van der Waals surface area (Å²) >= 11 is 0. The quantitative estimate of drug-likeness (QED) is 0.347. The molecule has 0 aliphatic heterocycles. The third kappa shape index (κ3) is 7.17. The molecule has 0 aliphatic carbocycles. The number of rotatable bonds is 11. The summed E-state index contributed by atoms with van der Waals surface area (Å²) in [5.41, 5.74) is 2.32. The lowest BCUT2D eigenvalue weighted by molar-refractivity contribution is -0.120. The van der Waals surface area contributed by atoms with Crippen LogP contribution in [-0.4, -0.2) is 40.1 Å². The summed E-state index contributed by atoms with van der Waals surface area (Å²) in [7, 11) is 4.64. The SMILES string of the molecule is COc1cc(NC(=O)CO/N=C/c2ccc(OCc3ccccc3)c(OC)c2)cc(OC)c1. The summed E-state index contributed by atoms with van der Waals surface area (Å²) in [4.78, 5) is 17.2. The Kier molecular flexibility index (Phi) is 8.53. The molecule has 8 nitrogen and oxygen atoms in total. The number of amides is 1. The van der Waals surface area contributed by atoms with Gasteiger partial charge in [-0.25, -0.2) is 0 Å². The topological polar surface area (TPSA) is 87.6 Å². The minimum atomic E-state index is -0.371. The fourth-order valence-electron chi connectivity index (χ4n) is 2.89. The van der Waals surface area contributed by atoms with E-state index < -0.39 is 0 Å². The Morgan fingerprint density at radius 2 is 1.61 bits per heavy atom. The molecule has 0 unspecified atom stereocenters. The van der Waals surface area contributed by atoms with Crippen molar-refractivity contribution in [2.45, 2.75) is 6.61 Å². The van der Waals surface area contributed by atoms with Gasteiger partial charge in [0, 0.05) is 29.4 Å². The molecule has 1 N–H and O–H groups in total. The van der Waals surface area contributed by atoms with E-state index in [1.165, 1.54) is 20.4 Å². The normalized spacial score (nSPS) is 10.5. The van der Waals surface area contributed by atoms with Gasteiger partial charge in [-0.15, -0.1) is 0 Å². The van der Waals surface area contributed by atoms with Crippen molar-refractivity contribution in [3.63, 3.8) is 0 Å². The molecule has 0 radical (unpaired) electrons. The first kappa shape index (κ1) is 23.5. The highest BCUT2D eigenvalue weighted by atomic mass is 16.6. The fraction of sp³-hybridized carbons (Fsp3) is 0.200. The second kappa shape index (κ2) is 12.0. The van der Waals surface area contributed by atoms with Crippen molar-refractivity contribution in [1.82, 2.24) is 0 Å². The maximum Gasteiger partial charge on any atom is 0.265 e. The van der Waals surface area contributed by atoms with Gasteiger partial charge in [-0.2, -0.15) is 0 Å². The van der Waals surface area contributed by atoms with Crippen molar-refractivity contribution >= 4 is 17.8 Å². The number of ether oxygens (including phenoxy) is 4. The van der Waals surface area contributed by atoms with Gasteiger partial charge in [0.2, 0.25) is 0 Å². The van der Waals surface area contributed by atoms with Crippen LogP contribution in [0.15, 0.2) is 71.9 Å². The van der Waals surface area contributed by atoms with Crippen LogP contribution < -0.4 is 24.3 Å². The highest BCUT2D eigenvalue weighted by Crippen LogP contribution is 2.28. The molecule has 0 saturated heterocycles. The highest BCUT2D eigenvalue weighted by Gasteiger charge is 2.08. The van der Waals surface area contributed by atoms with Gasteiger partial charge in [-0.05, 0) is 23.8 Å². The van der Waals surface area contributed by atoms with Crippen LogP contribution in [0.1, 0.15) is 11.1 Å². The van der Waals surface area contributed by atoms with Crippen molar-refractivity contribution in [1.29, 1.82) is 0 Å². The summed E-state index contributed by atoms with van der Waals surface area (Å²) in [5, 5.41) is 6.57. The van der Waals surface area contributed by atoms with Gasteiger partial charge in [0.15, 0.2) is 18.1 Å². The van der Waals surface area contributed by atoms with E-state index in [1.807, 2.05) is 36.4 Å². The first-order valence-corrected chi connectivity index (χ1v) is 10.1. The Hall–Kier alpha value is -4.20. The molecule has 0 atom stereocenters. The molecular formula is C25H26N2O6. The highest BCUT2D eigenvalue weighted by molar-refractivity contribution is 5.92. The summed E-state index contributed by atoms with van der Waals surface area (Å²) in [6.45, 7) is 0.174. The molecule has 3 rings (SSSR count). The van der Waals surface area contributed by atoms with Crippen LogP contribution in [-0.2, 0) is 16.2 Å². The lowest BCUT2D eigenvalue weighted by Crippen LogP contribution is -2.17. The number of hydrogen-bond acceptors (Lipinski definition) is 7. The van der Waals surface area contributed by atoms with E-state index in [2.05, 4.69) is 10.5 Å². The van der Waals surface area contributed by atoms with Gasteiger partial charge in [-0.1, -0.05) is 35.5 Å². The molecule has 0 heterocycles. The molecule has 0 aliphatic rings. The first-order chi connectivity index (χ1) is 16.1. The summed E-state index contributed by atoms with van der Waals surface area (Å²) < 4.78 is 21.6. The zero-order valence-electron chi connectivity index (χ0n) is 18.7. The Bertz CT molecular complexity index is 1060. The molecule has 3 aromatic rings. The minimum Gasteiger partial charge on any atom is -0.497 e. The maximum atomic E-state index is 12.1. The van der Waals surface area contributed by atoms with Gasteiger partial charge in [-0.3, -0.25) is 4.79 Å². The van der Waals surface area contributed by atoms with Crippen molar-refractivity contribution in [2.24, 2.45) is 5.16 Å². The number of nitrogens with zero attached hydrogens (tertiary/aromatic N) is 1. The van der Waals surface area contributed by atoms with E-state index >= 15 is 0 Å². The zero-order valence-corrected chi connectivity index (χ0v) is 18.7. The minimum absolute atomic E-state index is 0.259. The second-order valence-electron chi connectivity index (χ2n) is 6.84. The molecule has 0 saturated carbocycles. The lowest BCUT2D eigenvalue weighted by Gasteiger charge is -2.11. The molecule has 0 aromatic heterocycles. The predicted molar refractivity (Wildman–Crippen MR) is 125 cm³/mol. The van der Waals surface area contributed by atoms with Gasteiger partial charge < -0.3 is 29.1 Å². The van der Waals surface area contributed by atoms with Crippen LogP contribution in [0.3, 0.4) is 0 Å². The van der Waals surface area contributed by atoms with E-state index in [4.69, 9.17) is 23.8 Å². The number of oxime groups is 1. The standard InChI is InChI=1S/C25H26N2O6/c1-29-21-12-20(13-22(14-21)30-2)27-25(28)17-33-26-15-19-9-10-23(24(11-19)31-3)32-16-18-7-5-4-6-8-18/h4-15H,16-17H2,1-3H3,(H,27,28)/b26-15+. The molecule has 8 heteroatoms. The van der Waals surface area contributed by atoms with E-state index in [1.54, 1.807) is 37.4 Å². The average molecular weight is 450 g/mol. The number of nitrogens with one attached hydrogen (secondary N) is 1. The van der Waals surface area contributed by atoms with Crippen LogP contribution in [0.2, 0.25) is 0 Å². The van der Waals surface area contributed by atoms with Gasteiger partial charge >= 0.3 is 0 Å². The molecule has 0 spiro atoms. The Morgan fingerprint density at radius 1 is 0.879 bits per heavy atom. The Labute approximate surface area is 192 Å². The first-order valence-electron chi connectivity index (χ1n) is 10.1. The van der Waals surface area contributed by atoms with E-state index in [0.717, 1.165) is 11.1 Å². The van der Waals surface area contributed by atoms with Crippen molar-refractivity contribution in [3.8, 4) is 23.0 Å². The molecule has 0 fully saturated rings. The van der Waals surface area contributed by atoms with Crippen LogP contribution in [0, 0.1) is 0 Å². The second-order valence-corrected chi connectivity index (χ2v) is 6.84. The Balaban J connectivity index is 1.52.